The van der Waals surface area contributed by atoms with Crippen molar-refractivity contribution < 1.29 is 9.18 Å². The molecular weight excluding hydrogens is 259 g/mol. The Morgan fingerprint density at radius 2 is 2.25 bits per heavy atom. The highest BCUT2D eigenvalue weighted by Crippen LogP contribution is 2.30. The third-order valence-corrected chi connectivity index (χ3v) is 3.83. The number of H-pyrrole nitrogens is 1. The van der Waals surface area contributed by atoms with E-state index in [1.54, 1.807) is 17.9 Å². The number of aryl methyl sites for hydroxylation is 1. The molecule has 3 rings (SSSR count). The first-order chi connectivity index (χ1) is 9.58. The zero-order valence-corrected chi connectivity index (χ0v) is 11.4. The maximum atomic E-state index is 13.4. The number of carbonyl (C=O) groups is 1. The van der Waals surface area contributed by atoms with Gasteiger partial charge >= 0.3 is 0 Å². The smallest absolute Gasteiger partial charge is 0.276 e. The molecule has 1 amide bonds. The molecule has 0 saturated heterocycles. The van der Waals surface area contributed by atoms with E-state index >= 15 is 0 Å². The summed E-state index contributed by atoms with van der Waals surface area (Å²) in [7, 11) is 0. The highest BCUT2D eigenvalue weighted by Gasteiger charge is 2.30. The van der Waals surface area contributed by atoms with E-state index < -0.39 is 0 Å². The van der Waals surface area contributed by atoms with Crippen molar-refractivity contribution in [2.45, 2.75) is 26.3 Å². The van der Waals surface area contributed by atoms with Crippen molar-refractivity contribution in [1.82, 2.24) is 20.3 Å². The number of nitrogens with one attached hydrogen (secondary N) is 1. The first-order valence-electron chi connectivity index (χ1n) is 6.54. The molecule has 2 heterocycles. The van der Waals surface area contributed by atoms with Crippen LogP contribution in [0.2, 0.25) is 0 Å². The maximum absolute atomic E-state index is 13.4. The van der Waals surface area contributed by atoms with Crippen LogP contribution in [0.15, 0.2) is 18.2 Å². The molecule has 5 nitrogen and oxygen atoms in total. The lowest BCUT2D eigenvalue weighted by Crippen LogP contribution is -2.39. The number of amides is 1. The Labute approximate surface area is 115 Å². The van der Waals surface area contributed by atoms with Crippen LogP contribution >= 0.6 is 0 Å². The number of aromatic nitrogens is 3. The van der Waals surface area contributed by atoms with Gasteiger partial charge in [-0.25, -0.2) is 4.39 Å². The van der Waals surface area contributed by atoms with Gasteiger partial charge in [0.25, 0.3) is 5.91 Å². The number of benzene rings is 1. The third-order valence-electron chi connectivity index (χ3n) is 3.83. The van der Waals surface area contributed by atoms with Crippen LogP contribution < -0.4 is 0 Å². The second-order valence-corrected chi connectivity index (χ2v) is 5.03. The van der Waals surface area contributed by atoms with Crippen LogP contribution in [0.4, 0.5) is 4.39 Å². The Morgan fingerprint density at radius 1 is 1.45 bits per heavy atom. The Kier molecular flexibility index (Phi) is 3.00. The van der Waals surface area contributed by atoms with Crippen LogP contribution in [0.5, 0.6) is 0 Å². The normalized spacial score (nSPS) is 17.9. The highest BCUT2D eigenvalue weighted by molar-refractivity contribution is 5.93. The van der Waals surface area contributed by atoms with Crippen LogP contribution in [0, 0.1) is 12.7 Å². The molecule has 0 radical (unpaired) electrons. The standard InChI is InChI=1S/C14H15FN4O/c1-8-13(17-18-16-8)14(20)19-6-5-10-3-4-11(15)7-12(10)9(19)2/h3-4,7,9H,5-6H2,1-2H3,(H,16,17,18)/t9-/m1/s1. The average molecular weight is 274 g/mol. The Hall–Kier alpha value is -2.24. The summed E-state index contributed by atoms with van der Waals surface area (Å²) in [6, 6.07) is 4.60. The van der Waals surface area contributed by atoms with E-state index in [-0.39, 0.29) is 17.8 Å². The third kappa shape index (κ3) is 1.97. The zero-order valence-electron chi connectivity index (χ0n) is 11.4. The van der Waals surface area contributed by atoms with Gasteiger partial charge < -0.3 is 4.90 Å². The van der Waals surface area contributed by atoms with Crippen molar-refractivity contribution in [3.05, 3.63) is 46.5 Å². The molecular formula is C14H15FN4O. The van der Waals surface area contributed by atoms with Crippen molar-refractivity contribution in [3.8, 4) is 0 Å². The lowest BCUT2D eigenvalue weighted by atomic mass is 9.93. The molecule has 1 atom stereocenters. The van der Waals surface area contributed by atoms with Gasteiger partial charge in [-0.1, -0.05) is 6.07 Å². The molecule has 2 aromatic rings. The minimum Gasteiger partial charge on any atom is -0.330 e. The lowest BCUT2D eigenvalue weighted by Gasteiger charge is -2.34. The summed E-state index contributed by atoms with van der Waals surface area (Å²) in [5.41, 5.74) is 2.87. The number of hydrogen-bond donors (Lipinski definition) is 1. The largest absolute Gasteiger partial charge is 0.330 e. The number of fused-ring (bicyclic) bond motifs is 1. The Bertz CT molecular complexity index is 667. The summed E-state index contributed by atoms with van der Waals surface area (Å²) in [5, 5.41) is 10.2. The molecule has 0 unspecified atom stereocenters. The molecule has 0 fully saturated rings. The van der Waals surface area contributed by atoms with Crippen molar-refractivity contribution >= 4 is 5.91 Å². The van der Waals surface area contributed by atoms with Gasteiger partial charge in [-0.3, -0.25) is 4.79 Å². The summed E-state index contributed by atoms with van der Waals surface area (Å²) < 4.78 is 13.4. The topological polar surface area (TPSA) is 61.9 Å². The SMILES string of the molecule is Cc1n[nH]nc1C(=O)N1CCc2ccc(F)cc2[C@H]1C. The van der Waals surface area contributed by atoms with Crippen molar-refractivity contribution in [1.29, 1.82) is 0 Å². The molecule has 1 aliphatic heterocycles. The summed E-state index contributed by atoms with van der Waals surface area (Å²) in [5.74, 6) is -0.443. The van der Waals surface area contributed by atoms with E-state index in [1.807, 2.05) is 6.92 Å². The highest BCUT2D eigenvalue weighted by atomic mass is 19.1. The minimum absolute atomic E-state index is 0.168. The fraction of sp³-hybridized carbons (Fsp3) is 0.357. The first-order valence-corrected chi connectivity index (χ1v) is 6.54. The number of nitrogens with zero attached hydrogens (tertiary/aromatic N) is 3. The van der Waals surface area contributed by atoms with E-state index in [0.717, 1.165) is 17.5 Å². The van der Waals surface area contributed by atoms with E-state index in [1.165, 1.54) is 12.1 Å². The Morgan fingerprint density at radius 3 is 2.95 bits per heavy atom. The first kappa shape index (κ1) is 12.8. The molecule has 0 saturated carbocycles. The molecule has 1 aromatic heterocycles. The second kappa shape index (κ2) is 4.70. The monoisotopic (exact) mass is 274 g/mol. The summed E-state index contributed by atoms with van der Waals surface area (Å²) in [6.07, 6.45) is 0.725. The maximum Gasteiger partial charge on any atom is 0.276 e. The van der Waals surface area contributed by atoms with Gasteiger partial charge in [-0.05, 0) is 43.5 Å². The fourth-order valence-corrected chi connectivity index (χ4v) is 2.68. The van der Waals surface area contributed by atoms with Gasteiger partial charge in [0, 0.05) is 6.54 Å². The summed E-state index contributed by atoms with van der Waals surface area (Å²) in [6.45, 7) is 4.24. The van der Waals surface area contributed by atoms with Crippen LogP contribution in [-0.4, -0.2) is 32.8 Å². The molecule has 1 aliphatic rings. The molecule has 20 heavy (non-hydrogen) atoms. The van der Waals surface area contributed by atoms with Crippen molar-refractivity contribution in [2.24, 2.45) is 0 Å². The zero-order chi connectivity index (χ0) is 14.3. The van der Waals surface area contributed by atoms with Crippen LogP contribution in [0.3, 0.4) is 0 Å². The molecule has 1 aromatic carbocycles. The quantitative estimate of drug-likeness (QED) is 0.865. The van der Waals surface area contributed by atoms with Gasteiger partial charge in [0.15, 0.2) is 5.69 Å². The van der Waals surface area contributed by atoms with Gasteiger partial charge in [0.1, 0.15) is 5.82 Å². The predicted octanol–water partition coefficient (Wildman–Crippen LogP) is 2.01. The number of hydrogen-bond acceptors (Lipinski definition) is 3. The van der Waals surface area contributed by atoms with E-state index in [0.29, 0.717) is 17.9 Å². The summed E-state index contributed by atoms with van der Waals surface area (Å²) >= 11 is 0. The van der Waals surface area contributed by atoms with E-state index in [4.69, 9.17) is 0 Å². The second-order valence-electron chi connectivity index (χ2n) is 5.03. The van der Waals surface area contributed by atoms with E-state index in [9.17, 15) is 9.18 Å². The number of halogens is 1. The molecule has 1 N–H and O–H groups in total. The molecule has 0 spiro atoms. The lowest BCUT2D eigenvalue weighted by molar-refractivity contribution is 0.0670. The van der Waals surface area contributed by atoms with Crippen molar-refractivity contribution in [3.63, 3.8) is 0 Å². The van der Waals surface area contributed by atoms with Crippen LogP contribution in [-0.2, 0) is 6.42 Å². The van der Waals surface area contributed by atoms with Gasteiger partial charge in [-0.15, -0.1) is 0 Å². The van der Waals surface area contributed by atoms with Gasteiger partial charge in [0.05, 0.1) is 11.7 Å². The van der Waals surface area contributed by atoms with Crippen LogP contribution in [0.1, 0.15) is 40.3 Å². The fourth-order valence-electron chi connectivity index (χ4n) is 2.68. The molecule has 6 heteroatoms. The minimum atomic E-state index is -0.275. The molecule has 104 valence electrons. The molecule has 0 aliphatic carbocycles. The Balaban J connectivity index is 1.94. The summed E-state index contributed by atoms with van der Waals surface area (Å²) in [4.78, 5) is 14.2. The molecule has 0 bridgehead atoms. The van der Waals surface area contributed by atoms with E-state index in [2.05, 4.69) is 15.4 Å². The number of aromatic amines is 1. The van der Waals surface area contributed by atoms with Crippen LogP contribution in [0.25, 0.3) is 0 Å². The predicted molar refractivity (Wildman–Crippen MR) is 70.7 cm³/mol. The number of carbonyl (C=O) groups excluding carboxylic acids is 1. The van der Waals surface area contributed by atoms with Gasteiger partial charge in [-0.2, -0.15) is 15.4 Å². The average Bonchev–Trinajstić information content (AvgIpc) is 2.85. The number of rotatable bonds is 1. The van der Waals surface area contributed by atoms with Gasteiger partial charge in [0.2, 0.25) is 0 Å². The van der Waals surface area contributed by atoms with Crippen molar-refractivity contribution in [2.75, 3.05) is 6.54 Å².